The number of ether oxygens (including phenoxy) is 1. The van der Waals surface area contributed by atoms with Crippen LogP contribution in [0.25, 0.3) is 0 Å². The first kappa shape index (κ1) is 18.4. The minimum atomic E-state index is -0.260. The number of methoxy groups -OCH3 is 1. The molecule has 1 heterocycles. The van der Waals surface area contributed by atoms with Crippen molar-refractivity contribution in [2.24, 2.45) is 0 Å². The van der Waals surface area contributed by atoms with Gasteiger partial charge in [0.25, 0.3) is 0 Å². The average molecular weight is 356 g/mol. The number of nitrogens with one attached hydrogen (secondary N) is 1. The fourth-order valence-electron chi connectivity index (χ4n) is 3.33. The monoisotopic (exact) mass is 356 g/mol. The van der Waals surface area contributed by atoms with E-state index < -0.39 is 0 Å². The van der Waals surface area contributed by atoms with E-state index in [2.05, 4.69) is 5.32 Å². The zero-order valence-electron chi connectivity index (χ0n) is 15.1. The second-order valence-corrected chi connectivity index (χ2v) is 6.67. The molecular weight excluding hydrogens is 331 g/mol. The van der Waals surface area contributed by atoms with Gasteiger partial charge in [-0.15, -0.1) is 0 Å². The van der Waals surface area contributed by atoms with Gasteiger partial charge in [0.2, 0.25) is 5.91 Å². The molecule has 5 heteroatoms. The van der Waals surface area contributed by atoms with Crippen molar-refractivity contribution in [2.45, 2.75) is 31.8 Å². The molecule has 1 aliphatic heterocycles. The third-order valence-corrected chi connectivity index (χ3v) is 4.81. The number of rotatable bonds is 6. The van der Waals surface area contributed by atoms with E-state index in [0.29, 0.717) is 13.0 Å². The molecule has 1 fully saturated rings. The molecule has 0 saturated carbocycles. The van der Waals surface area contributed by atoms with E-state index in [0.717, 1.165) is 42.8 Å². The maximum absolute atomic E-state index is 13.2. The predicted molar refractivity (Wildman–Crippen MR) is 99.5 cm³/mol. The molecule has 1 aliphatic rings. The summed E-state index contributed by atoms with van der Waals surface area (Å²) in [6.45, 7) is 2.30. The molecule has 0 radical (unpaired) electrons. The number of carbonyl (C=O) groups is 1. The third kappa shape index (κ3) is 4.82. The molecule has 2 aromatic rings. The van der Waals surface area contributed by atoms with Crippen LogP contribution in [0.15, 0.2) is 48.5 Å². The molecule has 1 N–H and O–H groups in total. The summed E-state index contributed by atoms with van der Waals surface area (Å²) < 4.78 is 18.4. The van der Waals surface area contributed by atoms with Crippen LogP contribution < -0.4 is 10.1 Å². The van der Waals surface area contributed by atoms with Crippen LogP contribution in [0.5, 0.6) is 5.75 Å². The van der Waals surface area contributed by atoms with Crippen molar-refractivity contribution >= 4 is 5.91 Å². The van der Waals surface area contributed by atoms with Crippen molar-refractivity contribution in [3.63, 3.8) is 0 Å². The van der Waals surface area contributed by atoms with Crippen molar-refractivity contribution in [1.29, 1.82) is 0 Å². The molecule has 26 heavy (non-hydrogen) atoms. The lowest BCUT2D eigenvalue weighted by Gasteiger charge is -2.35. The summed E-state index contributed by atoms with van der Waals surface area (Å²) in [6.07, 6.45) is 2.39. The molecule has 4 nitrogen and oxygen atoms in total. The Morgan fingerprint density at radius 1 is 1.15 bits per heavy atom. The summed E-state index contributed by atoms with van der Waals surface area (Å²) in [5, 5.41) is 3.37. The second kappa shape index (κ2) is 8.81. The van der Waals surface area contributed by atoms with Crippen molar-refractivity contribution in [2.75, 3.05) is 20.2 Å². The molecule has 0 spiro atoms. The van der Waals surface area contributed by atoms with Gasteiger partial charge in [0, 0.05) is 19.1 Å². The van der Waals surface area contributed by atoms with Gasteiger partial charge in [-0.3, -0.25) is 4.79 Å². The van der Waals surface area contributed by atoms with Gasteiger partial charge in [0.1, 0.15) is 11.6 Å². The summed E-state index contributed by atoms with van der Waals surface area (Å²) in [5.41, 5.74) is 1.91. The van der Waals surface area contributed by atoms with Gasteiger partial charge in [-0.05, 0) is 54.8 Å². The number of hydrogen-bond donors (Lipinski definition) is 1. The Morgan fingerprint density at radius 3 is 2.46 bits per heavy atom. The number of amides is 1. The summed E-state index contributed by atoms with van der Waals surface area (Å²) in [4.78, 5) is 15.0. The van der Waals surface area contributed by atoms with Crippen LogP contribution in [-0.4, -0.2) is 37.0 Å². The lowest BCUT2D eigenvalue weighted by Crippen LogP contribution is -2.48. The summed E-state index contributed by atoms with van der Waals surface area (Å²) >= 11 is 0. The Bertz CT molecular complexity index is 710. The van der Waals surface area contributed by atoms with Crippen molar-refractivity contribution in [3.8, 4) is 5.75 Å². The fraction of sp³-hybridized carbons (Fsp3) is 0.381. The molecule has 1 amide bonds. The van der Waals surface area contributed by atoms with Gasteiger partial charge in [-0.2, -0.15) is 0 Å². The highest BCUT2D eigenvalue weighted by atomic mass is 19.1. The molecule has 0 bridgehead atoms. The van der Waals surface area contributed by atoms with E-state index >= 15 is 0 Å². The number of halogens is 1. The highest BCUT2D eigenvalue weighted by molar-refractivity contribution is 5.79. The maximum Gasteiger partial charge on any atom is 0.227 e. The number of carbonyl (C=O) groups excluding carboxylic acids is 1. The molecule has 138 valence electrons. The standard InChI is InChI=1S/C21H25FN2O2/c1-26-20-10-6-16(7-11-20)13-21(25)24(19-3-2-12-23-14-19)15-17-4-8-18(22)9-5-17/h4-11,19,23H,2-3,12-15H2,1H3. The zero-order valence-corrected chi connectivity index (χ0v) is 15.1. The smallest absolute Gasteiger partial charge is 0.227 e. The zero-order chi connectivity index (χ0) is 18.4. The van der Waals surface area contributed by atoms with Crippen LogP contribution >= 0.6 is 0 Å². The van der Waals surface area contributed by atoms with Gasteiger partial charge in [0.05, 0.1) is 13.5 Å². The Balaban J connectivity index is 1.74. The number of piperidine rings is 1. The molecule has 0 aromatic heterocycles. The van der Waals surface area contributed by atoms with Crippen molar-refractivity contribution in [3.05, 3.63) is 65.5 Å². The van der Waals surface area contributed by atoms with E-state index in [1.807, 2.05) is 29.2 Å². The first-order valence-electron chi connectivity index (χ1n) is 9.03. The van der Waals surface area contributed by atoms with Gasteiger partial charge >= 0.3 is 0 Å². The molecule has 1 unspecified atom stereocenters. The predicted octanol–water partition coefficient (Wildman–Crippen LogP) is 3.16. The molecular formula is C21H25FN2O2. The summed E-state index contributed by atoms with van der Waals surface area (Å²) in [7, 11) is 1.63. The van der Waals surface area contributed by atoms with Gasteiger partial charge < -0.3 is 15.0 Å². The molecule has 3 rings (SSSR count). The lowest BCUT2D eigenvalue weighted by atomic mass is 10.0. The number of hydrogen-bond acceptors (Lipinski definition) is 3. The van der Waals surface area contributed by atoms with E-state index in [-0.39, 0.29) is 17.8 Å². The highest BCUT2D eigenvalue weighted by Crippen LogP contribution is 2.18. The molecule has 2 aromatic carbocycles. The minimum Gasteiger partial charge on any atom is -0.497 e. The van der Waals surface area contributed by atoms with E-state index in [1.54, 1.807) is 19.2 Å². The topological polar surface area (TPSA) is 41.6 Å². The highest BCUT2D eigenvalue weighted by Gasteiger charge is 2.25. The van der Waals surface area contributed by atoms with Crippen LogP contribution in [-0.2, 0) is 17.8 Å². The fourth-order valence-corrected chi connectivity index (χ4v) is 3.33. The Morgan fingerprint density at radius 2 is 1.85 bits per heavy atom. The molecule has 0 aliphatic carbocycles. The van der Waals surface area contributed by atoms with Crippen molar-refractivity contribution < 1.29 is 13.9 Å². The summed E-state index contributed by atoms with van der Waals surface area (Å²) in [6, 6.07) is 14.1. The van der Waals surface area contributed by atoms with Crippen LogP contribution in [0.4, 0.5) is 4.39 Å². The normalized spacial score (nSPS) is 16.9. The Hall–Kier alpha value is -2.40. The Kier molecular flexibility index (Phi) is 6.23. The number of nitrogens with zero attached hydrogens (tertiary/aromatic N) is 1. The van der Waals surface area contributed by atoms with E-state index in [1.165, 1.54) is 12.1 Å². The first-order chi connectivity index (χ1) is 12.7. The SMILES string of the molecule is COc1ccc(CC(=O)N(Cc2ccc(F)cc2)C2CCCNC2)cc1. The molecule has 1 atom stereocenters. The van der Waals surface area contributed by atoms with Crippen LogP contribution in [0.1, 0.15) is 24.0 Å². The Labute approximate surface area is 154 Å². The quantitative estimate of drug-likeness (QED) is 0.864. The van der Waals surface area contributed by atoms with Gasteiger partial charge in [-0.1, -0.05) is 24.3 Å². The van der Waals surface area contributed by atoms with Gasteiger partial charge in [-0.25, -0.2) is 4.39 Å². The van der Waals surface area contributed by atoms with Crippen LogP contribution in [0.2, 0.25) is 0 Å². The number of benzene rings is 2. The maximum atomic E-state index is 13.2. The van der Waals surface area contributed by atoms with Crippen LogP contribution in [0.3, 0.4) is 0 Å². The molecule has 1 saturated heterocycles. The average Bonchev–Trinajstić information content (AvgIpc) is 2.68. The first-order valence-corrected chi connectivity index (χ1v) is 9.03. The van der Waals surface area contributed by atoms with Crippen molar-refractivity contribution in [1.82, 2.24) is 10.2 Å². The second-order valence-electron chi connectivity index (χ2n) is 6.67. The van der Waals surface area contributed by atoms with E-state index in [4.69, 9.17) is 4.74 Å². The summed E-state index contributed by atoms with van der Waals surface area (Å²) in [5.74, 6) is 0.609. The largest absolute Gasteiger partial charge is 0.497 e. The lowest BCUT2D eigenvalue weighted by molar-refractivity contribution is -0.133. The van der Waals surface area contributed by atoms with E-state index in [9.17, 15) is 9.18 Å². The minimum absolute atomic E-state index is 0.0909. The third-order valence-electron chi connectivity index (χ3n) is 4.81. The van der Waals surface area contributed by atoms with Crippen LogP contribution in [0, 0.1) is 5.82 Å². The van der Waals surface area contributed by atoms with Gasteiger partial charge in [0.15, 0.2) is 0 Å².